The summed E-state index contributed by atoms with van der Waals surface area (Å²) in [5.74, 6) is -1.94. The number of aliphatic hydroxyl groups excluding tert-OH is 3. The maximum Gasteiger partial charge on any atom is 0.330 e. The summed E-state index contributed by atoms with van der Waals surface area (Å²) in [6.07, 6.45) is 3.55. The van der Waals surface area contributed by atoms with Gasteiger partial charge in [-0.25, -0.2) is 4.79 Å². The number of carbonyl (C=O) groups excluding carboxylic acids is 1. The van der Waals surface area contributed by atoms with Crippen LogP contribution in [0.1, 0.15) is 60.8 Å². The first-order valence-electron chi connectivity index (χ1n) is 13.6. The van der Waals surface area contributed by atoms with E-state index in [1.165, 1.54) is 13.2 Å². The SMILES string of the molecule is CC[C@H]1[C@H](C)O[C@@]2(C[C@@H]1O[C@H]1C[C@H](O)[C@H](O)[C@H](C)O1)O[C@@H]([C@@H](C)/C=C/C=C/C(=O)OC)[C@@H](C)[C@@H](O)[C@@H]2C. The Morgan fingerprint density at radius 3 is 2.41 bits per heavy atom. The van der Waals surface area contributed by atoms with Gasteiger partial charge in [-0.3, -0.25) is 0 Å². The fourth-order valence-corrected chi connectivity index (χ4v) is 6.10. The summed E-state index contributed by atoms with van der Waals surface area (Å²) in [5.41, 5.74) is 0. The molecule has 3 rings (SSSR count). The number of methoxy groups -OCH3 is 1. The molecule has 0 aromatic rings. The van der Waals surface area contributed by atoms with E-state index in [0.717, 1.165) is 6.42 Å². The van der Waals surface area contributed by atoms with Crippen molar-refractivity contribution in [1.29, 1.82) is 0 Å². The molecule has 3 heterocycles. The van der Waals surface area contributed by atoms with Gasteiger partial charge in [0.1, 0.15) is 6.10 Å². The van der Waals surface area contributed by atoms with Crippen LogP contribution in [0.5, 0.6) is 0 Å². The molecule has 0 bridgehead atoms. The highest BCUT2D eigenvalue weighted by atomic mass is 16.7. The first-order chi connectivity index (χ1) is 17.4. The van der Waals surface area contributed by atoms with Crippen molar-refractivity contribution in [3.8, 4) is 0 Å². The van der Waals surface area contributed by atoms with Gasteiger partial charge in [0.2, 0.25) is 0 Å². The number of rotatable bonds is 7. The summed E-state index contributed by atoms with van der Waals surface area (Å²) in [4.78, 5) is 11.3. The Morgan fingerprint density at radius 1 is 1.08 bits per heavy atom. The third kappa shape index (κ3) is 6.64. The minimum absolute atomic E-state index is 0.0695. The van der Waals surface area contributed by atoms with Gasteiger partial charge in [0.05, 0.1) is 43.7 Å². The van der Waals surface area contributed by atoms with E-state index in [1.54, 1.807) is 19.1 Å². The molecule has 3 saturated heterocycles. The Bertz CT molecular complexity index is 803. The molecule has 37 heavy (non-hydrogen) atoms. The van der Waals surface area contributed by atoms with Gasteiger partial charge in [-0.2, -0.15) is 0 Å². The molecule has 9 nitrogen and oxygen atoms in total. The third-order valence-electron chi connectivity index (χ3n) is 8.50. The highest BCUT2D eigenvalue weighted by molar-refractivity contribution is 5.82. The molecule has 9 heteroatoms. The fourth-order valence-electron chi connectivity index (χ4n) is 6.10. The van der Waals surface area contributed by atoms with Crippen molar-refractivity contribution >= 4 is 5.97 Å². The zero-order chi connectivity index (χ0) is 27.5. The Balaban J connectivity index is 1.81. The van der Waals surface area contributed by atoms with Crippen LogP contribution in [0.15, 0.2) is 24.3 Å². The van der Waals surface area contributed by atoms with Crippen LogP contribution in [-0.4, -0.2) is 83.2 Å². The van der Waals surface area contributed by atoms with Crippen LogP contribution >= 0.6 is 0 Å². The summed E-state index contributed by atoms with van der Waals surface area (Å²) in [7, 11) is 1.33. The van der Waals surface area contributed by atoms with Crippen molar-refractivity contribution < 1.29 is 43.8 Å². The van der Waals surface area contributed by atoms with E-state index in [-0.39, 0.29) is 48.4 Å². The van der Waals surface area contributed by atoms with Gasteiger partial charge in [0, 0.05) is 42.6 Å². The molecule has 13 atom stereocenters. The van der Waals surface area contributed by atoms with Crippen LogP contribution in [0.2, 0.25) is 0 Å². The standard InChI is InChI=1S/C28H46O9/c1-8-20-18(5)36-28(14-22(20)35-24-13-21(29)26(32)19(6)34-24)17(4)25(31)16(3)27(37-28)15(2)11-9-10-12-23(30)33-7/h9-12,15-22,24-27,29,31-32H,8,13-14H2,1-7H3/b11-9+,12-10+/t15-,16-,17-,18-,19-,20-,21-,22-,24-,25+,26+,27-,28-/m0/s1. The van der Waals surface area contributed by atoms with E-state index in [4.69, 9.17) is 18.9 Å². The van der Waals surface area contributed by atoms with E-state index in [1.807, 2.05) is 33.8 Å². The van der Waals surface area contributed by atoms with E-state index < -0.39 is 42.5 Å². The average molecular weight is 527 g/mol. The number of hydrogen-bond donors (Lipinski definition) is 3. The maximum absolute atomic E-state index is 11.3. The second-order valence-electron chi connectivity index (χ2n) is 11.0. The fraction of sp³-hybridized carbons (Fsp3) is 0.821. The molecule has 0 amide bonds. The molecule has 0 saturated carbocycles. The van der Waals surface area contributed by atoms with E-state index in [0.29, 0.717) is 6.42 Å². The summed E-state index contributed by atoms with van der Waals surface area (Å²) in [6.45, 7) is 11.8. The molecule has 3 fully saturated rings. The Morgan fingerprint density at radius 2 is 1.78 bits per heavy atom. The number of carbonyl (C=O) groups is 1. The van der Waals surface area contributed by atoms with E-state index in [9.17, 15) is 20.1 Å². The van der Waals surface area contributed by atoms with Crippen molar-refractivity contribution in [2.45, 2.75) is 116 Å². The highest BCUT2D eigenvalue weighted by Crippen LogP contribution is 2.49. The smallest absolute Gasteiger partial charge is 0.330 e. The van der Waals surface area contributed by atoms with E-state index in [2.05, 4.69) is 11.7 Å². The zero-order valence-electron chi connectivity index (χ0n) is 23.2. The number of hydrogen-bond acceptors (Lipinski definition) is 9. The lowest BCUT2D eigenvalue weighted by Crippen LogP contribution is -2.65. The van der Waals surface area contributed by atoms with Crippen molar-refractivity contribution in [3.05, 3.63) is 24.3 Å². The van der Waals surface area contributed by atoms with Crippen molar-refractivity contribution in [1.82, 2.24) is 0 Å². The van der Waals surface area contributed by atoms with Gasteiger partial charge in [-0.05, 0) is 20.3 Å². The Kier molecular flexibility index (Phi) is 10.4. The second kappa shape index (κ2) is 12.7. The Labute approximate surface area is 220 Å². The molecular formula is C28H46O9. The quantitative estimate of drug-likeness (QED) is 0.261. The number of aliphatic hydroxyl groups is 3. The molecule has 0 aromatic carbocycles. The number of ether oxygens (including phenoxy) is 5. The first kappa shape index (κ1) is 30.2. The summed E-state index contributed by atoms with van der Waals surface area (Å²) < 4.78 is 30.3. The molecule has 0 aliphatic carbocycles. The Hall–Kier alpha value is -1.33. The molecule has 212 valence electrons. The van der Waals surface area contributed by atoms with Crippen LogP contribution < -0.4 is 0 Å². The zero-order valence-corrected chi connectivity index (χ0v) is 23.2. The molecule has 3 aliphatic heterocycles. The van der Waals surface area contributed by atoms with Crippen molar-refractivity contribution in [2.24, 2.45) is 23.7 Å². The topological polar surface area (TPSA) is 124 Å². The minimum Gasteiger partial charge on any atom is -0.466 e. The lowest BCUT2D eigenvalue weighted by atomic mass is 9.73. The van der Waals surface area contributed by atoms with Crippen LogP contribution in [0.25, 0.3) is 0 Å². The number of esters is 1. The van der Waals surface area contributed by atoms with Gasteiger partial charge in [0.15, 0.2) is 12.1 Å². The van der Waals surface area contributed by atoms with Gasteiger partial charge in [0.25, 0.3) is 0 Å². The minimum atomic E-state index is -1.06. The summed E-state index contributed by atoms with van der Waals surface area (Å²) >= 11 is 0. The number of allylic oxidation sites excluding steroid dienone is 2. The van der Waals surface area contributed by atoms with Gasteiger partial charge >= 0.3 is 5.97 Å². The van der Waals surface area contributed by atoms with Gasteiger partial charge in [-0.15, -0.1) is 0 Å². The highest BCUT2D eigenvalue weighted by Gasteiger charge is 2.58. The van der Waals surface area contributed by atoms with Gasteiger partial charge in [-0.1, -0.05) is 45.9 Å². The largest absolute Gasteiger partial charge is 0.466 e. The van der Waals surface area contributed by atoms with Crippen LogP contribution in [0, 0.1) is 23.7 Å². The molecule has 0 radical (unpaired) electrons. The molecule has 0 unspecified atom stereocenters. The summed E-state index contributed by atoms with van der Waals surface area (Å²) in [5, 5.41) is 31.6. The van der Waals surface area contributed by atoms with Gasteiger partial charge < -0.3 is 39.0 Å². The monoisotopic (exact) mass is 526 g/mol. The first-order valence-corrected chi connectivity index (χ1v) is 13.6. The lowest BCUT2D eigenvalue weighted by Gasteiger charge is -2.57. The van der Waals surface area contributed by atoms with Crippen LogP contribution in [0.4, 0.5) is 0 Å². The molecule has 3 aliphatic rings. The third-order valence-corrected chi connectivity index (χ3v) is 8.50. The van der Waals surface area contributed by atoms with Crippen LogP contribution in [0.3, 0.4) is 0 Å². The summed E-state index contributed by atoms with van der Waals surface area (Å²) in [6, 6.07) is 0. The van der Waals surface area contributed by atoms with Crippen molar-refractivity contribution in [3.63, 3.8) is 0 Å². The van der Waals surface area contributed by atoms with E-state index >= 15 is 0 Å². The predicted octanol–water partition coefficient (Wildman–Crippen LogP) is 2.71. The molecular weight excluding hydrogens is 480 g/mol. The normalized spacial score (nSPS) is 45.9. The maximum atomic E-state index is 11.3. The second-order valence-corrected chi connectivity index (χ2v) is 11.0. The average Bonchev–Trinajstić information content (AvgIpc) is 2.85. The molecule has 1 spiro atoms. The van der Waals surface area contributed by atoms with Crippen LogP contribution in [-0.2, 0) is 28.5 Å². The molecule has 0 aromatic heterocycles. The van der Waals surface area contributed by atoms with Crippen molar-refractivity contribution in [2.75, 3.05) is 7.11 Å². The predicted molar refractivity (Wildman–Crippen MR) is 136 cm³/mol. The lowest BCUT2D eigenvalue weighted by molar-refractivity contribution is -0.392. The molecule has 3 N–H and O–H groups in total.